The summed E-state index contributed by atoms with van der Waals surface area (Å²) in [6, 6.07) is 20.5. The summed E-state index contributed by atoms with van der Waals surface area (Å²) in [5, 5.41) is 10.1. The molecule has 5 rings (SSSR count). The van der Waals surface area contributed by atoms with Crippen LogP contribution in [0.2, 0.25) is 0 Å². The quantitative estimate of drug-likeness (QED) is 0.421. The van der Waals surface area contributed by atoms with Crippen LogP contribution in [0, 0.1) is 13.8 Å². The van der Waals surface area contributed by atoms with Crippen molar-refractivity contribution in [2.45, 2.75) is 26.4 Å². The first kappa shape index (κ1) is 23.5. The molecule has 7 nitrogen and oxygen atoms in total. The van der Waals surface area contributed by atoms with Crippen molar-refractivity contribution in [2.75, 3.05) is 25.1 Å². The Kier molecular flexibility index (Phi) is 6.14. The van der Waals surface area contributed by atoms with Crippen molar-refractivity contribution in [2.24, 2.45) is 0 Å². The lowest BCUT2D eigenvalue weighted by atomic mass is 10.1. The zero-order valence-electron chi connectivity index (χ0n) is 20.5. The zero-order chi connectivity index (χ0) is 25.4. The first-order valence-electron chi connectivity index (χ1n) is 11.9. The first-order valence-corrected chi connectivity index (χ1v) is 11.9. The van der Waals surface area contributed by atoms with Gasteiger partial charge in [0.15, 0.2) is 0 Å². The number of benzene rings is 3. The van der Waals surface area contributed by atoms with Crippen LogP contribution in [0.5, 0.6) is 11.5 Å². The zero-order valence-corrected chi connectivity index (χ0v) is 20.5. The Labute approximate surface area is 209 Å². The van der Waals surface area contributed by atoms with E-state index in [0.29, 0.717) is 41.2 Å². The average molecular weight is 485 g/mol. The summed E-state index contributed by atoms with van der Waals surface area (Å²) in [6.45, 7) is 4.94. The number of carbonyl (C=O) groups excluding carboxylic acids is 1. The summed E-state index contributed by atoms with van der Waals surface area (Å²) in [5.74, 6) is 0.353. The Morgan fingerprint density at radius 2 is 1.81 bits per heavy atom. The fourth-order valence-electron chi connectivity index (χ4n) is 4.82. The Bertz CT molecular complexity index is 1450. The highest BCUT2D eigenvalue weighted by atomic mass is 16.5. The van der Waals surface area contributed by atoms with E-state index in [0.717, 1.165) is 16.8 Å². The van der Waals surface area contributed by atoms with Gasteiger partial charge in [-0.15, -0.1) is 0 Å². The Hall–Kier alpha value is -4.26. The van der Waals surface area contributed by atoms with Gasteiger partial charge in [0.2, 0.25) is 0 Å². The van der Waals surface area contributed by atoms with Crippen LogP contribution in [0.4, 0.5) is 5.69 Å². The van der Waals surface area contributed by atoms with Crippen molar-refractivity contribution in [3.8, 4) is 11.5 Å². The molecule has 0 amide bonds. The van der Waals surface area contributed by atoms with Crippen LogP contribution in [0.3, 0.4) is 0 Å². The third kappa shape index (κ3) is 4.40. The number of carbonyl (C=O) groups is 2. The molecule has 0 saturated carbocycles. The standard InChI is InChI=1S/C29H28N2O5/c1-18-8-13-27-26(14-18)30(3)16-22(36-27)17-35-21-11-9-20(10-12-21)29(34)31-19(2)24(15-28(32)33)23-6-4-5-7-25(23)31/h4-14,22H,15-17H2,1-3H3,(H,32,33)/t22-/m0/s1. The molecule has 1 atom stereocenters. The van der Waals surface area contributed by atoms with Crippen molar-refractivity contribution in [3.63, 3.8) is 0 Å². The monoisotopic (exact) mass is 484 g/mol. The number of fused-ring (bicyclic) bond motifs is 2. The number of hydrogen-bond donors (Lipinski definition) is 1. The van der Waals surface area contributed by atoms with Crippen molar-refractivity contribution in [1.29, 1.82) is 0 Å². The molecule has 1 aliphatic rings. The molecule has 0 radical (unpaired) electrons. The van der Waals surface area contributed by atoms with E-state index >= 15 is 0 Å². The third-order valence-corrected chi connectivity index (χ3v) is 6.61. The van der Waals surface area contributed by atoms with Gasteiger partial charge in [0.1, 0.15) is 24.2 Å². The van der Waals surface area contributed by atoms with Crippen LogP contribution in [0.1, 0.15) is 27.2 Å². The summed E-state index contributed by atoms with van der Waals surface area (Å²) in [6.07, 6.45) is -0.255. The van der Waals surface area contributed by atoms with E-state index in [1.807, 2.05) is 43.4 Å². The number of aromatic nitrogens is 1. The van der Waals surface area contributed by atoms with Gasteiger partial charge in [-0.3, -0.25) is 14.2 Å². The maximum atomic E-state index is 13.4. The van der Waals surface area contributed by atoms with Crippen LogP contribution < -0.4 is 14.4 Å². The van der Waals surface area contributed by atoms with Gasteiger partial charge in [0, 0.05) is 23.7 Å². The van der Waals surface area contributed by atoms with Crippen molar-refractivity contribution < 1.29 is 24.2 Å². The number of rotatable bonds is 6. The van der Waals surface area contributed by atoms with E-state index in [2.05, 4.69) is 17.9 Å². The molecule has 3 aromatic carbocycles. The van der Waals surface area contributed by atoms with Gasteiger partial charge >= 0.3 is 5.97 Å². The van der Waals surface area contributed by atoms with Crippen LogP contribution in [0.25, 0.3) is 10.9 Å². The minimum Gasteiger partial charge on any atom is -0.490 e. The molecule has 0 spiro atoms. The number of anilines is 1. The molecular weight excluding hydrogens is 456 g/mol. The number of nitrogens with zero attached hydrogens (tertiary/aromatic N) is 2. The molecule has 36 heavy (non-hydrogen) atoms. The van der Waals surface area contributed by atoms with E-state index in [4.69, 9.17) is 9.47 Å². The van der Waals surface area contributed by atoms with Gasteiger partial charge in [-0.05, 0) is 67.4 Å². The molecule has 0 saturated heterocycles. The predicted octanol–water partition coefficient (Wildman–Crippen LogP) is 4.85. The summed E-state index contributed by atoms with van der Waals surface area (Å²) in [5.41, 5.74) is 4.75. The van der Waals surface area contributed by atoms with Crippen molar-refractivity contribution in [3.05, 3.63) is 89.1 Å². The second-order valence-electron chi connectivity index (χ2n) is 9.22. The van der Waals surface area contributed by atoms with Crippen LogP contribution in [-0.4, -0.2) is 47.9 Å². The Morgan fingerprint density at radius 1 is 1.06 bits per heavy atom. The summed E-state index contributed by atoms with van der Waals surface area (Å²) >= 11 is 0. The number of hydrogen-bond acceptors (Lipinski definition) is 5. The SMILES string of the molecule is Cc1ccc2c(c1)N(C)C[C@@H](COc1ccc(C(=O)n3c(C)c(CC(=O)O)c4ccccc43)cc1)O2. The van der Waals surface area contributed by atoms with E-state index in [-0.39, 0.29) is 18.4 Å². The fraction of sp³-hybridized carbons (Fsp3) is 0.241. The minimum absolute atomic E-state index is 0.118. The number of carboxylic acids is 1. The van der Waals surface area contributed by atoms with Gasteiger partial charge < -0.3 is 19.5 Å². The summed E-state index contributed by atoms with van der Waals surface area (Å²) < 4.78 is 13.7. The highest BCUT2D eigenvalue weighted by molar-refractivity contribution is 6.04. The van der Waals surface area contributed by atoms with Crippen molar-refractivity contribution >= 4 is 28.5 Å². The third-order valence-electron chi connectivity index (χ3n) is 6.61. The van der Waals surface area contributed by atoms with Gasteiger partial charge in [-0.25, -0.2) is 0 Å². The van der Waals surface area contributed by atoms with E-state index in [1.165, 1.54) is 5.56 Å². The number of aryl methyl sites for hydroxylation is 1. The van der Waals surface area contributed by atoms with Gasteiger partial charge in [0.05, 0.1) is 24.2 Å². The molecule has 1 N–H and O–H groups in total. The van der Waals surface area contributed by atoms with Crippen molar-refractivity contribution in [1.82, 2.24) is 4.57 Å². The predicted molar refractivity (Wildman–Crippen MR) is 139 cm³/mol. The molecular formula is C29H28N2O5. The number of carboxylic acid groups (broad SMARTS) is 1. The topological polar surface area (TPSA) is 81.0 Å². The van der Waals surface area contributed by atoms with E-state index < -0.39 is 5.97 Å². The fourth-order valence-corrected chi connectivity index (χ4v) is 4.82. The molecule has 0 aliphatic carbocycles. The normalized spacial score (nSPS) is 14.9. The lowest BCUT2D eigenvalue weighted by molar-refractivity contribution is -0.136. The maximum absolute atomic E-state index is 13.4. The number of para-hydroxylation sites is 1. The smallest absolute Gasteiger partial charge is 0.307 e. The molecule has 1 aliphatic heterocycles. The second-order valence-corrected chi connectivity index (χ2v) is 9.22. The summed E-state index contributed by atoms with van der Waals surface area (Å²) in [7, 11) is 2.04. The second kappa shape index (κ2) is 9.41. The number of likely N-dealkylation sites (N-methyl/N-ethyl adjacent to an activating group) is 1. The lowest BCUT2D eigenvalue weighted by Crippen LogP contribution is -2.41. The highest BCUT2D eigenvalue weighted by Gasteiger charge is 2.24. The largest absolute Gasteiger partial charge is 0.490 e. The van der Waals surface area contributed by atoms with Crippen LogP contribution in [0.15, 0.2) is 66.7 Å². The van der Waals surface area contributed by atoms with E-state index in [9.17, 15) is 14.7 Å². The maximum Gasteiger partial charge on any atom is 0.307 e. The lowest BCUT2D eigenvalue weighted by Gasteiger charge is -2.33. The number of ether oxygens (including phenoxy) is 2. The highest BCUT2D eigenvalue weighted by Crippen LogP contribution is 2.33. The molecule has 184 valence electrons. The van der Waals surface area contributed by atoms with Gasteiger partial charge in [0.25, 0.3) is 5.91 Å². The average Bonchev–Trinajstić information content (AvgIpc) is 3.14. The minimum atomic E-state index is -0.929. The summed E-state index contributed by atoms with van der Waals surface area (Å²) in [4.78, 5) is 27.0. The van der Waals surface area contributed by atoms with E-state index in [1.54, 1.807) is 35.8 Å². The molecule has 0 unspecified atom stereocenters. The molecule has 2 heterocycles. The Morgan fingerprint density at radius 3 is 2.56 bits per heavy atom. The first-order chi connectivity index (χ1) is 17.3. The van der Waals surface area contributed by atoms with Crippen LogP contribution in [-0.2, 0) is 11.2 Å². The molecule has 0 bridgehead atoms. The molecule has 4 aromatic rings. The van der Waals surface area contributed by atoms with Gasteiger partial charge in [-0.1, -0.05) is 24.3 Å². The number of aliphatic carboxylic acids is 1. The van der Waals surface area contributed by atoms with Gasteiger partial charge in [-0.2, -0.15) is 0 Å². The van der Waals surface area contributed by atoms with Crippen LogP contribution >= 0.6 is 0 Å². The molecule has 0 fully saturated rings. The molecule has 1 aromatic heterocycles. The Balaban J connectivity index is 1.31. The molecule has 7 heteroatoms.